The van der Waals surface area contributed by atoms with Crippen molar-refractivity contribution in [3.8, 4) is 0 Å². The summed E-state index contributed by atoms with van der Waals surface area (Å²) < 4.78 is 0. The highest BCUT2D eigenvalue weighted by Crippen LogP contribution is 2.30. The SMILES string of the molecule is CN1CC(=O)N([C@H](c2ccccc2)c2ccccn2)C1=O. The molecular formula is C16H15N3O2. The van der Waals surface area contributed by atoms with Crippen LogP contribution in [0.5, 0.6) is 0 Å². The summed E-state index contributed by atoms with van der Waals surface area (Å²) in [6, 6.07) is 14.2. The van der Waals surface area contributed by atoms with Gasteiger partial charge in [-0.05, 0) is 17.7 Å². The van der Waals surface area contributed by atoms with Crippen LogP contribution in [0.3, 0.4) is 0 Å². The number of hydrogen-bond acceptors (Lipinski definition) is 3. The first-order valence-corrected chi connectivity index (χ1v) is 6.71. The maximum absolute atomic E-state index is 12.3. The molecule has 0 radical (unpaired) electrons. The minimum atomic E-state index is -0.489. The van der Waals surface area contributed by atoms with Gasteiger partial charge in [0.1, 0.15) is 12.6 Å². The van der Waals surface area contributed by atoms with Crippen LogP contribution >= 0.6 is 0 Å². The average molecular weight is 281 g/mol. The second kappa shape index (κ2) is 5.36. The number of aromatic nitrogens is 1. The highest BCUT2D eigenvalue weighted by Gasteiger charge is 2.40. The standard InChI is InChI=1S/C16H15N3O2/c1-18-11-14(20)19(16(18)21)15(12-7-3-2-4-8-12)13-9-5-6-10-17-13/h2-10,15H,11H2,1H3/t15-/m1/s1. The van der Waals surface area contributed by atoms with Crippen molar-refractivity contribution < 1.29 is 9.59 Å². The molecule has 0 N–H and O–H groups in total. The van der Waals surface area contributed by atoms with Crippen molar-refractivity contribution in [3.05, 3.63) is 66.0 Å². The van der Waals surface area contributed by atoms with Crippen molar-refractivity contribution in [2.75, 3.05) is 13.6 Å². The fourth-order valence-corrected chi connectivity index (χ4v) is 2.52. The first-order valence-electron chi connectivity index (χ1n) is 6.71. The summed E-state index contributed by atoms with van der Waals surface area (Å²) in [6.07, 6.45) is 1.67. The Morgan fingerprint density at radius 3 is 2.33 bits per heavy atom. The van der Waals surface area contributed by atoms with Crippen molar-refractivity contribution in [2.45, 2.75) is 6.04 Å². The van der Waals surface area contributed by atoms with Crippen LogP contribution in [0.4, 0.5) is 4.79 Å². The first-order chi connectivity index (χ1) is 10.2. The highest BCUT2D eigenvalue weighted by molar-refractivity contribution is 6.02. The van der Waals surface area contributed by atoms with E-state index in [1.807, 2.05) is 48.5 Å². The largest absolute Gasteiger partial charge is 0.327 e. The van der Waals surface area contributed by atoms with Gasteiger partial charge in [-0.3, -0.25) is 9.78 Å². The second-order valence-electron chi connectivity index (χ2n) is 4.97. The van der Waals surface area contributed by atoms with Crippen LogP contribution in [0.2, 0.25) is 0 Å². The lowest BCUT2D eigenvalue weighted by atomic mass is 10.0. The normalized spacial score (nSPS) is 16.4. The molecule has 0 spiro atoms. The second-order valence-corrected chi connectivity index (χ2v) is 4.97. The van der Waals surface area contributed by atoms with Crippen LogP contribution in [-0.2, 0) is 4.79 Å². The van der Waals surface area contributed by atoms with Gasteiger partial charge >= 0.3 is 6.03 Å². The fourth-order valence-electron chi connectivity index (χ4n) is 2.52. The van der Waals surface area contributed by atoms with Gasteiger partial charge in [-0.15, -0.1) is 0 Å². The minimum Gasteiger partial charge on any atom is -0.318 e. The molecule has 0 saturated carbocycles. The quantitative estimate of drug-likeness (QED) is 0.809. The van der Waals surface area contributed by atoms with Gasteiger partial charge in [-0.1, -0.05) is 36.4 Å². The third kappa shape index (κ3) is 2.38. The molecule has 0 unspecified atom stereocenters. The number of carbonyl (C=O) groups excluding carboxylic acids is 2. The molecule has 2 heterocycles. The molecule has 1 aromatic carbocycles. The van der Waals surface area contributed by atoms with Gasteiger partial charge < -0.3 is 4.90 Å². The van der Waals surface area contributed by atoms with E-state index in [4.69, 9.17) is 0 Å². The van der Waals surface area contributed by atoms with Crippen LogP contribution in [-0.4, -0.2) is 40.3 Å². The first kappa shape index (κ1) is 13.3. The lowest BCUT2D eigenvalue weighted by molar-refractivity contribution is -0.126. The molecule has 5 nitrogen and oxygen atoms in total. The Balaban J connectivity index is 2.09. The van der Waals surface area contributed by atoms with E-state index in [0.717, 1.165) is 5.56 Å². The summed E-state index contributed by atoms with van der Waals surface area (Å²) in [5.41, 5.74) is 1.55. The molecule has 0 bridgehead atoms. The third-order valence-corrected chi connectivity index (χ3v) is 3.52. The van der Waals surface area contributed by atoms with Crippen LogP contribution in [0, 0.1) is 0 Å². The van der Waals surface area contributed by atoms with E-state index in [2.05, 4.69) is 4.98 Å². The Morgan fingerprint density at radius 2 is 1.76 bits per heavy atom. The monoisotopic (exact) mass is 281 g/mol. The topological polar surface area (TPSA) is 53.5 Å². The van der Waals surface area contributed by atoms with Crippen LogP contribution in [0.15, 0.2) is 54.7 Å². The summed E-state index contributed by atoms with van der Waals surface area (Å²) in [4.78, 5) is 31.6. The summed E-state index contributed by atoms with van der Waals surface area (Å²) in [5, 5.41) is 0. The Hall–Kier alpha value is -2.69. The molecule has 1 aliphatic rings. The summed E-state index contributed by atoms with van der Waals surface area (Å²) in [6.45, 7) is 0.106. The summed E-state index contributed by atoms with van der Waals surface area (Å²) in [7, 11) is 1.63. The van der Waals surface area contributed by atoms with Gasteiger partial charge in [-0.2, -0.15) is 0 Å². The molecule has 21 heavy (non-hydrogen) atoms. The third-order valence-electron chi connectivity index (χ3n) is 3.52. The van der Waals surface area contributed by atoms with E-state index >= 15 is 0 Å². The Labute approximate surface area is 122 Å². The van der Waals surface area contributed by atoms with Gasteiger partial charge in [-0.25, -0.2) is 9.69 Å². The number of urea groups is 1. The van der Waals surface area contributed by atoms with Crippen molar-refractivity contribution in [1.82, 2.24) is 14.8 Å². The summed E-state index contributed by atoms with van der Waals surface area (Å²) >= 11 is 0. The number of likely N-dealkylation sites (N-methyl/N-ethyl adjacent to an activating group) is 1. The molecule has 2 aromatic rings. The van der Waals surface area contributed by atoms with Crippen molar-refractivity contribution in [2.24, 2.45) is 0 Å². The zero-order valence-electron chi connectivity index (χ0n) is 11.6. The smallest absolute Gasteiger partial charge is 0.318 e. The maximum atomic E-state index is 12.3. The number of benzene rings is 1. The highest BCUT2D eigenvalue weighted by atomic mass is 16.2. The molecule has 1 aliphatic heterocycles. The molecule has 1 atom stereocenters. The molecule has 106 valence electrons. The summed E-state index contributed by atoms with van der Waals surface area (Å²) in [5.74, 6) is -0.206. The maximum Gasteiger partial charge on any atom is 0.327 e. The Morgan fingerprint density at radius 1 is 1.05 bits per heavy atom. The minimum absolute atomic E-state index is 0.106. The lowest BCUT2D eigenvalue weighted by Gasteiger charge is -2.25. The molecule has 0 aliphatic carbocycles. The number of carbonyl (C=O) groups is 2. The van der Waals surface area contributed by atoms with Crippen LogP contribution < -0.4 is 0 Å². The van der Waals surface area contributed by atoms with E-state index in [-0.39, 0.29) is 18.5 Å². The molecule has 5 heteroatoms. The molecule has 1 fully saturated rings. The van der Waals surface area contributed by atoms with Crippen molar-refractivity contribution in [3.63, 3.8) is 0 Å². The number of hydrogen-bond donors (Lipinski definition) is 0. The number of pyridine rings is 1. The molecule has 1 saturated heterocycles. The van der Waals surface area contributed by atoms with Crippen molar-refractivity contribution in [1.29, 1.82) is 0 Å². The number of nitrogens with zero attached hydrogens (tertiary/aromatic N) is 3. The van der Waals surface area contributed by atoms with E-state index in [0.29, 0.717) is 5.69 Å². The van der Waals surface area contributed by atoms with Gasteiger partial charge in [0.2, 0.25) is 0 Å². The average Bonchev–Trinajstić information content (AvgIpc) is 2.76. The van der Waals surface area contributed by atoms with Gasteiger partial charge in [0, 0.05) is 13.2 Å². The number of rotatable bonds is 3. The molecule has 3 rings (SSSR count). The van der Waals surface area contributed by atoms with Gasteiger partial charge in [0.25, 0.3) is 5.91 Å². The molecule has 1 aromatic heterocycles. The number of imide groups is 1. The Bertz CT molecular complexity index is 618. The zero-order chi connectivity index (χ0) is 14.8. The van der Waals surface area contributed by atoms with Crippen LogP contribution in [0.1, 0.15) is 17.3 Å². The van der Waals surface area contributed by atoms with Gasteiger partial charge in [0.15, 0.2) is 0 Å². The predicted octanol–water partition coefficient (Wildman–Crippen LogP) is 2.06. The lowest BCUT2D eigenvalue weighted by Crippen LogP contribution is -2.36. The van der Waals surface area contributed by atoms with E-state index in [9.17, 15) is 9.59 Å². The Kier molecular flexibility index (Phi) is 3.39. The zero-order valence-corrected chi connectivity index (χ0v) is 11.6. The predicted molar refractivity (Wildman–Crippen MR) is 77.4 cm³/mol. The van der Waals surface area contributed by atoms with E-state index in [1.54, 1.807) is 13.2 Å². The van der Waals surface area contributed by atoms with Gasteiger partial charge in [0.05, 0.1) is 5.69 Å². The molecule has 3 amide bonds. The van der Waals surface area contributed by atoms with E-state index in [1.165, 1.54) is 9.80 Å². The fraction of sp³-hybridized carbons (Fsp3) is 0.188. The van der Waals surface area contributed by atoms with Crippen molar-refractivity contribution >= 4 is 11.9 Å². The van der Waals surface area contributed by atoms with E-state index < -0.39 is 6.04 Å². The number of amides is 3. The molecular weight excluding hydrogens is 266 g/mol. The van der Waals surface area contributed by atoms with Crippen LogP contribution in [0.25, 0.3) is 0 Å².